The van der Waals surface area contributed by atoms with E-state index >= 15 is 0 Å². The Morgan fingerprint density at radius 1 is 1.05 bits per heavy atom. The van der Waals surface area contributed by atoms with Gasteiger partial charge < -0.3 is 19.3 Å². The minimum absolute atomic E-state index is 0.221. The molecular weight excluding hydrogens is 282 g/mol. The van der Waals surface area contributed by atoms with Crippen LogP contribution in [0.25, 0.3) is 0 Å². The van der Waals surface area contributed by atoms with Gasteiger partial charge in [-0.15, -0.1) is 0 Å². The van der Waals surface area contributed by atoms with E-state index in [0.717, 1.165) is 0 Å². The van der Waals surface area contributed by atoms with Crippen molar-refractivity contribution in [2.75, 3.05) is 19.8 Å². The highest BCUT2D eigenvalue weighted by atomic mass is 16.5. The first-order chi connectivity index (χ1) is 10.8. The van der Waals surface area contributed by atoms with Crippen LogP contribution in [0.15, 0.2) is 48.7 Å². The van der Waals surface area contributed by atoms with Gasteiger partial charge in [0.2, 0.25) is 5.88 Å². The van der Waals surface area contributed by atoms with Crippen molar-refractivity contribution < 1.29 is 19.3 Å². The third-order valence-electron chi connectivity index (χ3n) is 3.62. The first-order valence-electron chi connectivity index (χ1n) is 7.36. The third-order valence-corrected chi connectivity index (χ3v) is 3.62. The number of pyridine rings is 1. The molecule has 1 fully saturated rings. The van der Waals surface area contributed by atoms with Gasteiger partial charge in [-0.05, 0) is 18.2 Å². The molecule has 0 saturated carbocycles. The average molecular weight is 301 g/mol. The monoisotopic (exact) mass is 301 g/mol. The number of nitrogens with zero attached hydrogens (tertiary/aromatic N) is 1. The molecule has 2 heterocycles. The third kappa shape index (κ3) is 3.75. The van der Waals surface area contributed by atoms with Gasteiger partial charge in [0.1, 0.15) is 12.2 Å². The van der Waals surface area contributed by atoms with Gasteiger partial charge in [0, 0.05) is 38.3 Å². The van der Waals surface area contributed by atoms with Crippen LogP contribution in [0, 0.1) is 0 Å². The zero-order valence-electron chi connectivity index (χ0n) is 12.3. The Morgan fingerprint density at radius 3 is 2.50 bits per heavy atom. The standard InChI is InChI=1S/C17H19NO4/c19-17(8-11-20-12-9-17)13-21-14-5-1-2-6-15(14)22-16-7-3-4-10-18-16/h1-7,10,19H,8-9,11-13H2. The van der Waals surface area contributed by atoms with Crippen LogP contribution in [-0.2, 0) is 4.74 Å². The number of hydrogen-bond acceptors (Lipinski definition) is 5. The lowest BCUT2D eigenvalue weighted by molar-refractivity contribution is -0.0857. The summed E-state index contributed by atoms with van der Waals surface area (Å²) in [7, 11) is 0. The molecule has 1 N–H and O–H groups in total. The van der Waals surface area contributed by atoms with Crippen molar-refractivity contribution in [2.45, 2.75) is 18.4 Å². The second kappa shape index (κ2) is 6.77. The van der Waals surface area contributed by atoms with Crippen molar-refractivity contribution in [3.8, 4) is 17.4 Å². The van der Waals surface area contributed by atoms with Gasteiger partial charge >= 0.3 is 0 Å². The molecule has 3 rings (SSSR count). The van der Waals surface area contributed by atoms with Crippen LogP contribution in [0.4, 0.5) is 0 Å². The maximum atomic E-state index is 10.5. The fourth-order valence-corrected chi connectivity index (χ4v) is 2.28. The summed E-state index contributed by atoms with van der Waals surface area (Å²) in [6.07, 6.45) is 2.83. The molecule has 0 spiro atoms. The predicted octanol–water partition coefficient (Wildman–Crippen LogP) is 2.79. The molecule has 0 atom stereocenters. The van der Waals surface area contributed by atoms with E-state index in [4.69, 9.17) is 14.2 Å². The summed E-state index contributed by atoms with van der Waals surface area (Å²) in [6, 6.07) is 12.8. The Bertz CT molecular complexity index is 597. The van der Waals surface area contributed by atoms with E-state index in [1.807, 2.05) is 36.4 Å². The van der Waals surface area contributed by atoms with Crippen LogP contribution in [0.1, 0.15) is 12.8 Å². The molecule has 1 aliphatic rings. The number of ether oxygens (including phenoxy) is 3. The summed E-state index contributed by atoms with van der Waals surface area (Å²) in [5.41, 5.74) is -0.837. The largest absolute Gasteiger partial charge is 0.487 e. The topological polar surface area (TPSA) is 60.8 Å². The first-order valence-corrected chi connectivity index (χ1v) is 7.36. The predicted molar refractivity (Wildman–Crippen MR) is 81.3 cm³/mol. The highest BCUT2D eigenvalue weighted by Crippen LogP contribution is 2.31. The van der Waals surface area contributed by atoms with Gasteiger partial charge in [0.05, 0.1) is 0 Å². The number of rotatable bonds is 5. The van der Waals surface area contributed by atoms with E-state index in [9.17, 15) is 5.11 Å². The molecule has 0 unspecified atom stereocenters. The van der Waals surface area contributed by atoms with Crippen LogP contribution in [-0.4, -0.2) is 35.5 Å². The number of aromatic nitrogens is 1. The highest BCUT2D eigenvalue weighted by molar-refractivity contribution is 5.41. The van der Waals surface area contributed by atoms with Crippen molar-refractivity contribution in [3.05, 3.63) is 48.7 Å². The minimum atomic E-state index is -0.837. The van der Waals surface area contributed by atoms with Gasteiger partial charge in [-0.25, -0.2) is 4.98 Å². The average Bonchev–Trinajstić information content (AvgIpc) is 2.56. The Hall–Kier alpha value is -2.11. The highest BCUT2D eigenvalue weighted by Gasteiger charge is 2.31. The SMILES string of the molecule is OC1(COc2ccccc2Oc2ccccn2)CCOCC1. The summed E-state index contributed by atoms with van der Waals surface area (Å²) in [6.45, 7) is 1.34. The first kappa shape index (κ1) is 14.8. The smallest absolute Gasteiger partial charge is 0.219 e. The van der Waals surface area contributed by atoms with Crippen molar-refractivity contribution in [1.29, 1.82) is 0 Å². The van der Waals surface area contributed by atoms with E-state index in [0.29, 0.717) is 43.4 Å². The van der Waals surface area contributed by atoms with Crippen molar-refractivity contribution in [1.82, 2.24) is 4.98 Å². The molecule has 22 heavy (non-hydrogen) atoms. The summed E-state index contributed by atoms with van der Waals surface area (Å²) in [5, 5.41) is 10.5. The molecule has 2 aromatic rings. The number of benzene rings is 1. The Labute approximate surface area is 129 Å². The number of hydrogen-bond donors (Lipinski definition) is 1. The van der Waals surface area contributed by atoms with Gasteiger partial charge in [-0.3, -0.25) is 0 Å². The van der Waals surface area contributed by atoms with Gasteiger partial charge in [-0.2, -0.15) is 0 Å². The van der Waals surface area contributed by atoms with Crippen molar-refractivity contribution in [3.63, 3.8) is 0 Å². The van der Waals surface area contributed by atoms with E-state index < -0.39 is 5.60 Å². The maximum absolute atomic E-state index is 10.5. The second-order valence-electron chi connectivity index (χ2n) is 5.34. The number of aliphatic hydroxyl groups is 1. The lowest BCUT2D eigenvalue weighted by Crippen LogP contribution is -2.41. The number of para-hydroxylation sites is 2. The summed E-state index contributed by atoms with van der Waals surface area (Å²) >= 11 is 0. The molecule has 5 nitrogen and oxygen atoms in total. The molecule has 1 saturated heterocycles. The van der Waals surface area contributed by atoms with Gasteiger partial charge in [-0.1, -0.05) is 18.2 Å². The Morgan fingerprint density at radius 2 is 1.77 bits per heavy atom. The zero-order valence-corrected chi connectivity index (χ0v) is 12.3. The lowest BCUT2D eigenvalue weighted by Gasteiger charge is -2.31. The fraction of sp³-hybridized carbons (Fsp3) is 0.353. The zero-order chi connectivity index (χ0) is 15.3. The van der Waals surface area contributed by atoms with Crippen LogP contribution in [0.3, 0.4) is 0 Å². The maximum Gasteiger partial charge on any atom is 0.219 e. The van der Waals surface area contributed by atoms with E-state index in [1.54, 1.807) is 12.3 Å². The van der Waals surface area contributed by atoms with Crippen LogP contribution < -0.4 is 9.47 Å². The lowest BCUT2D eigenvalue weighted by atomic mass is 9.96. The fourth-order valence-electron chi connectivity index (χ4n) is 2.28. The molecule has 1 aliphatic heterocycles. The molecular formula is C17H19NO4. The minimum Gasteiger partial charge on any atom is -0.487 e. The molecule has 1 aromatic carbocycles. The normalized spacial score (nSPS) is 17.0. The molecule has 0 aliphatic carbocycles. The summed E-state index contributed by atoms with van der Waals surface area (Å²) < 4.78 is 16.8. The van der Waals surface area contributed by atoms with Crippen LogP contribution >= 0.6 is 0 Å². The van der Waals surface area contributed by atoms with Crippen molar-refractivity contribution >= 4 is 0 Å². The molecule has 116 valence electrons. The molecule has 0 amide bonds. The van der Waals surface area contributed by atoms with E-state index in [-0.39, 0.29) is 6.61 Å². The molecule has 5 heteroatoms. The molecule has 1 aromatic heterocycles. The van der Waals surface area contributed by atoms with Crippen molar-refractivity contribution in [2.24, 2.45) is 0 Å². The Kier molecular flexibility index (Phi) is 4.56. The molecule has 0 bridgehead atoms. The van der Waals surface area contributed by atoms with Crippen LogP contribution in [0.5, 0.6) is 17.4 Å². The van der Waals surface area contributed by atoms with Gasteiger partial charge in [0.15, 0.2) is 11.5 Å². The van der Waals surface area contributed by atoms with E-state index in [2.05, 4.69) is 4.98 Å². The molecule has 0 radical (unpaired) electrons. The second-order valence-corrected chi connectivity index (χ2v) is 5.34. The van der Waals surface area contributed by atoms with E-state index in [1.165, 1.54) is 0 Å². The summed E-state index contributed by atoms with van der Waals surface area (Å²) in [5.74, 6) is 1.67. The summed E-state index contributed by atoms with van der Waals surface area (Å²) in [4.78, 5) is 4.14. The Balaban J connectivity index is 1.68. The van der Waals surface area contributed by atoms with Crippen LogP contribution in [0.2, 0.25) is 0 Å². The van der Waals surface area contributed by atoms with Gasteiger partial charge in [0.25, 0.3) is 0 Å². The quantitative estimate of drug-likeness (QED) is 0.920.